The van der Waals surface area contributed by atoms with Crippen LogP contribution in [0.15, 0.2) is 12.2 Å². The molecule has 4 heteroatoms. The fourth-order valence-electron chi connectivity index (χ4n) is 2.77. The van der Waals surface area contributed by atoms with Crippen LogP contribution in [-0.2, 0) is 4.74 Å². The summed E-state index contributed by atoms with van der Waals surface area (Å²) in [4.78, 5) is 4.57. The highest BCUT2D eigenvalue weighted by atomic mass is 16.5. The second-order valence-corrected chi connectivity index (χ2v) is 5.43. The molecule has 2 rings (SSSR count). The first-order valence-electron chi connectivity index (χ1n) is 7.11. The van der Waals surface area contributed by atoms with Crippen molar-refractivity contribution < 1.29 is 9.84 Å². The molecule has 1 fully saturated rings. The fraction of sp³-hybridized carbons (Fsp3) is 0.857. The normalized spacial score (nSPS) is 27.6. The maximum atomic E-state index is 10.2. The molecule has 2 aliphatic rings. The zero-order chi connectivity index (χ0) is 12.8. The number of β-amino-alcohol motifs (C(OH)–C–C–N with tert-alkyl or cyclic N) is 1. The minimum Gasteiger partial charge on any atom is -0.390 e. The van der Waals surface area contributed by atoms with Gasteiger partial charge in [0.15, 0.2) is 0 Å². The first kappa shape index (κ1) is 14.0. The Labute approximate surface area is 110 Å². The van der Waals surface area contributed by atoms with Crippen molar-refractivity contribution >= 4 is 0 Å². The molecule has 0 aromatic heterocycles. The van der Waals surface area contributed by atoms with Gasteiger partial charge in [0.1, 0.15) is 0 Å². The number of ether oxygens (including phenoxy) is 1. The van der Waals surface area contributed by atoms with Gasteiger partial charge in [-0.15, -0.1) is 0 Å². The average Bonchev–Trinajstić information content (AvgIpc) is 2.40. The van der Waals surface area contributed by atoms with Gasteiger partial charge in [0.25, 0.3) is 0 Å². The van der Waals surface area contributed by atoms with E-state index in [1.54, 1.807) is 0 Å². The van der Waals surface area contributed by atoms with Gasteiger partial charge in [-0.25, -0.2) is 0 Å². The molecule has 0 spiro atoms. The Morgan fingerprint density at radius 2 is 2.22 bits per heavy atom. The number of hydrogen-bond acceptors (Lipinski definition) is 4. The lowest BCUT2D eigenvalue weighted by atomic mass is 10.0. The van der Waals surface area contributed by atoms with E-state index in [4.69, 9.17) is 4.74 Å². The molecular formula is C14H26N2O2. The van der Waals surface area contributed by atoms with Gasteiger partial charge < -0.3 is 9.84 Å². The molecule has 1 N–H and O–H groups in total. The molecule has 0 unspecified atom stereocenters. The van der Waals surface area contributed by atoms with Gasteiger partial charge in [-0.3, -0.25) is 9.80 Å². The van der Waals surface area contributed by atoms with Crippen molar-refractivity contribution in [3.63, 3.8) is 0 Å². The van der Waals surface area contributed by atoms with Gasteiger partial charge in [-0.05, 0) is 26.3 Å². The Kier molecular flexibility index (Phi) is 5.63. The highest BCUT2D eigenvalue weighted by molar-refractivity contribution is 4.98. The van der Waals surface area contributed by atoms with Gasteiger partial charge in [0, 0.05) is 32.2 Å². The monoisotopic (exact) mass is 254 g/mol. The maximum absolute atomic E-state index is 10.2. The quantitative estimate of drug-likeness (QED) is 0.733. The van der Waals surface area contributed by atoms with Gasteiger partial charge in [-0.2, -0.15) is 0 Å². The average molecular weight is 254 g/mol. The highest BCUT2D eigenvalue weighted by Gasteiger charge is 2.19. The Hall–Kier alpha value is -0.420. The summed E-state index contributed by atoms with van der Waals surface area (Å²) in [5.74, 6) is 0. The zero-order valence-electron chi connectivity index (χ0n) is 11.4. The van der Waals surface area contributed by atoms with Crippen molar-refractivity contribution in [2.24, 2.45) is 0 Å². The number of hydrogen-bond donors (Lipinski definition) is 1. The Balaban J connectivity index is 1.70. The maximum Gasteiger partial charge on any atom is 0.0793 e. The van der Waals surface area contributed by atoms with Gasteiger partial charge >= 0.3 is 0 Å². The molecule has 104 valence electrons. The van der Waals surface area contributed by atoms with Crippen LogP contribution >= 0.6 is 0 Å². The van der Waals surface area contributed by atoms with Gasteiger partial charge in [-0.1, -0.05) is 12.2 Å². The van der Waals surface area contributed by atoms with Crippen LogP contribution in [-0.4, -0.2) is 73.5 Å². The van der Waals surface area contributed by atoms with Crippen molar-refractivity contribution in [3.8, 4) is 0 Å². The lowest BCUT2D eigenvalue weighted by Crippen LogP contribution is -2.45. The molecule has 1 aliphatic carbocycles. The molecule has 1 aliphatic heterocycles. The van der Waals surface area contributed by atoms with Crippen LogP contribution in [0.1, 0.15) is 19.3 Å². The third-order valence-corrected chi connectivity index (χ3v) is 3.87. The lowest BCUT2D eigenvalue weighted by Gasteiger charge is -2.32. The molecule has 0 saturated carbocycles. The molecule has 18 heavy (non-hydrogen) atoms. The third kappa shape index (κ3) is 4.35. The summed E-state index contributed by atoms with van der Waals surface area (Å²) < 4.78 is 5.31. The van der Waals surface area contributed by atoms with Crippen LogP contribution in [0.25, 0.3) is 0 Å². The lowest BCUT2D eigenvalue weighted by molar-refractivity contribution is 0.00678. The van der Waals surface area contributed by atoms with Crippen LogP contribution < -0.4 is 0 Å². The van der Waals surface area contributed by atoms with E-state index in [0.717, 1.165) is 39.4 Å². The topological polar surface area (TPSA) is 35.9 Å². The highest BCUT2D eigenvalue weighted by Crippen LogP contribution is 2.15. The second kappa shape index (κ2) is 7.24. The van der Waals surface area contributed by atoms with E-state index in [1.807, 2.05) is 0 Å². The van der Waals surface area contributed by atoms with Crippen LogP contribution in [0.5, 0.6) is 0 Å². The van der Waals surface area contributed by atoms with E-state index >= 15 is 0 Å². The van der Waals surface area contributed by atoms with Crippen molar-refractivity contribution in [3.05, 3.63) is 12.2 Å². The van der Waals surface area contributed by atoms with Crippen LogP contribution in [0.4, 0.5) is 0 Å². The van der Waals surface area contributed by atoms with Gasteiger partial charge in [0.05, 0.1) is 19.3 Å². The number of aliphatic hydroxyl groups excluding tert-OH is 1. The van der Waals surface area contributed by atoms with E-state index in [0.29, 0.717) is 6.04 Å². The third-order valence-electron chi connectivity index (χ3n) is 3.87. The van der Waals surface area contributed by atoms with E-state index in [9.17, 15) is 5.11 Å². The number of rotatable bonds is 5. The largest absolute Gasteiger partial charge is 0.390 e. The van der Waals surface area contributed by atoms with Crippen molar-refractivity contribution in [2.75, 3.05) is 46.4 Å². The van der Waals surface area contributed by atoms with Crippen molar-refractivity contribution in [1.29, 1.82) is 0 Å². The number of allylic oxidation sites excluding steroid dienone is 1. The summed E-state index contributed by atoms with van der Waals surface area (Å²) in [7, 11) is 2.11. The summed E-state index contributed by atoms with van der Waals surface area (Å²) in [6, 6.07) is 0.512. The molecule has 1 saturated heterocycles. The molecule has 2 atom stereocenters. The molecule has 0 radical (unpaired) electrons. The number of morpholine rings is 1. The Morgan fingerprint density at radius 1 is 1.44 bits per heavy atom. The summed E-state index contributed by atoms with van der Waals surface area (Å²) >= 11 is 0. The Bertz CT molecular complexity index is 265. The van der Waals surface area contributed by atoms with Crippen LogP contribution in [0, 0.1) is 0 Å². The molecule has 0 aromatic rings. The first-order chi connectivity index (χ1) is 8.75. The van der Waals surface area contributed by atoms with E-state index < -0.39 is 0 Å². The summed E-state index contributed by atoms with van der Waals surface area (Å²) in [5.41, 5.74) is 0. The number of aliphatic hydroxyl groups is 1. The summed E-state index contributed by atoms with van der Waals surface area (Å²) in [6.07, 6.45) is 7.98. The molecule has 0 aromatic carbocycles. The number of likely N-dealkylation sites (N-methyl/N-ethyl adjacent to an activating group) is 1. The minimum absolute atomic E-state index is 0.261. The predicted octanol–water partition coefficient (Wildman–Crippen LogP) is 0.720. The van der Waals surface area contributed by atoms with Crippen LogP contribution in [0.2, 0.25) is 0 Å². The van der Waals surface area contributed by atoms with E-state index in [1.165, 1.54) is 19.3 Å². The smallest absolute Gasteiger partial charge is 0.0793 e. The standard InChI is InChI=1S/C14H26N2O2/c1-15(13-5-3-2-4-6-13)11-14(17)12-16-7-9-18-10-8-16/h3,5,13-14,17H,2,4,6-12H2,1H3/t13-,14-/m0/s1. The van der Waals surface area contributed by atoms with Crippen molar-refractivity contribution in [1.82, 2.24) is 9.80 Å². The SMILES string of the molecule is CN(C[C@H](O)CN1CCOCC1)[C@H]1C=CCCC1. The number of nitrogens with zero attached hydrogens (tertiary/aromatic N) is 2. The van der Waals surface area contributed by atoms with Gasteiger partial charge in [0.2, 0.25) is 0 Å². The fourth-order valence-corrected chi connectivity index (χ4v) is 2.77. The molecular weight excluding hydrogens is 228 g/mol. The predicted molar refractivity (Wildman–Crippen MR) is 72.7 cm³/mol. The molecule has 1 heterocycles. The summed E-state index contributed by atoms with van der Waals surface area (Å²) in [5, 5.41) is 10.2. The molecule has 4 nitrogen and oxygen atoms in total. The van der Waals surface area contributed by atoms with E-state index in [2.05, 4.69) is 29.0 Å². The summed E-state index contributed by atoms with van der Waals surface area (Å²) in [6.45, 7) is 5.02. The van der Waals surface area contributed by atoms with Crippen molar-refractivity contribution in [2.45, 2.75) is 31.4 Å². The van der Waals surface area contributed by atoms with Crippen LogP contribution in [0.3, 0.4) is 0 Å². The van der Waals surface area contributed by atoms with E-state index in [-0.39, 0.29) is 6.10 Å². The molecule has 0 bridgehead atoms. The first-order valence-corrected chi connectivity index (χ1v) is 7.11. The second-order valence-electron chi connectivity index (χ2n) is 5.43. The Morgan fingerprint density at radius 3 is 2.89 bits per heavy atom. The minimum atomic E-state index is -0.261. The molecule has 0 amide bonds. The zero-order valence-corrected chi connectivity index (χ0v) is 11.4.